The van der Waals surface area contributed by atoms with Crippen LogP contribution in [-0.4, -0.2) is 16.1 Å². The fourth-order valence-corrected chi connectivity index (χ4v) is 2.61. The number of aromatic amines is 1. The molecule has 4 nitrogen and oxygen atoms in total. The molecule has 1 heterocycles. The number of carbonyl (C=O) groups excluding carboxylic acids is 1. The summed E-state index contributed by atoms with van der Waals surface area (Å²) in [6, 6.07) is 4.07. The van der Waals surface area contributed by atoms with Gasteiger partial charge in [0, 0.05) is 16.9 Å². The third-order valence-electron chi connectivity index (χ3n) is 3.45. The van der Waals surface area contributed by atoms with Gasteiger partial charge in [0.25, 0.3) is 5.91 Å². The predicted octanol–water partition coefficient (Wildman–Crippen LogP) is 3.33. The largest absolute Gasteiger partial charge is 0.321 e. The zero-order chi connectivity index (χ0) is 14.1. The van der Waals surface area contributed by atoms with E-state index in [1.54, 1.807) is 0 Å². The number of anilines is 1. The molecule has 20 heavy (non-hydrogen) atoms. The Kier molecular flexibility index (Phi) is 3.44. The lowest BCUT2D eigenvalue weighted by molar-refractivity contribution is 0.102. The third kappa shape index (κ3) is 2.41. The maximum absolute atomic E-state index is 13.1. The van der Waals surface area contributed by atoms with Gasteiger partial charge in [0.05, 0.1) is 5.02 Å². The molecule has 0 saturated carbocycles. The molecule has 2 N–H and O–H groups in total. The molecule has 6 heteroatoms. The molecule has 1 amide bonds. The maximum Gasteiger partial charge on any atom is 0.276 e. The van der Waals surface area contributed by atoms with Crippen LogP contribution in [0.4, 0.5) is 10.1 Å². The Hall–Kier alpha value is -1.88. The lowest BCUT2D eigenvalue weighted by Gasteiger charge is -2.11. The smallest absolute Gasteiger partial charge is 0.276 e. The van der Waals surface area contributed by atoms with E-state index < -0.39 is 5.82 Å². The van der Waals surface area contributed by atoms with Gasteiger partial charge in [-0.25, -0.2) is 4.39 Å². The van der Waals surface area contributed by atoms with Crippen molar-refractivity contribution in [3.05, 3.63) is 46.0 Å². The van der Waals surface area contributed by atoms with Crippen LogP contribution >= 0.6 is 11.6 Å². The molecule has 0 unspecified atom stereocenters. The second-order valence-corrected chi connectivity index (χ2v) is 5.23. The average molecular weight is 294 g/mol. The van der Waals surface area contributed by atoms with Gasteiger partial charge in [0.15, 0.2) is 5.69 Å². The molecule has 0 bridgehead atoms. The molecule has 0 saturated heterocycles. The first-order valence-electron chi connectivity index (χ1n) is 6.47. The number of nitrogens with zero attached hydrogens (tertiary/aromatic N) is 1. The molecular formula is C14H13ClFN3O. The van der Waals surface area contributed by atoms with Gasteiger partial charge in [-0.1, -0.05) is 11.6 Å². The van der Waals surface area contributed by atoms with Gasteiger partial charge >= 0.3 is 0 Å². The lowest BCUT2D eigenvalue weighted by Crippen LogP contribution is -2.15. The van der Waals surface area contributed by atoms with Gasteiger partial charge < -0.3 is 5.32 Å². The van der Waals surface area contributed by atoms with Crippen molar-refractivity contribution in [2.24, 2.45) is 0 Å². The number of fused-ring (bicyclic) bond motifs is 1. The van der Waals surface area contributed by atoms with Gasteiger partial charge in [-0.05, 0) is 43.9 Å². The van der Waals surface area contributed by atoms with Crippen molar-refractivity contribution >= 4 is 23.2 Å². The predicted molar refractivity (Wildman–Crippen MR) is 74.6 cm³/mol. The highest BCUT2D eigenvalue weighted by Gasteiger charge is 2.21. The normalized spacial score (nSPS) is 13.9. The molecule has 0 radical (unpaired) electrons. The van der Waals surface area contributed by atoms with Gasteiger partial charge in [0.2, 0.25) is 0 Å². The molecular weight excluding hydrogens is 281 g/mol. The summed E-state index contributed by atoms with van der Waals surface area (Å²) in [6.07, 6.45) is 3.97. The Bertz CT molecular complexity index is 668. The molecule has 1 aliphatic carbocycles. The van der Waals surface area contributed by atoms with Crippen LogP contribution in [0.25, 0.3) is 0 Å². The van der Waals surface area contributed by atoms with Gasteiger partial charge in [0.1, 0.15) is 5.82 Å². The summed E-state index contributed by atoms with van der Waals surface area (Å²) in [6.45, 7) is 0. The molecule has 3 rings (SSSR count). The van der Waals surface area contributed by atoms with Crippen LogP contribution in [0.3, 0.4) is 0 Å². The number of rotatable bonds is 2. The number of H-pyrrole nitrogens is 1. The summed E-state index contributed by atoms with van der Waals surface area (Å²) in [5.41, 5.74) is 2.90. The minimum atomic E-state index is -0.512. The van der Waals surface area contributed by atoms with Crippen molar-refractivity contribution in [1.82, 2.24) is 10.2 Å². The highest BCUT2D eigenvalue weighted by atomic mass is 35.5. The monoisotopic (exact) mass is 293 g/mol. The van der Waals surface area contributed by atoms with E-state index >= 15 is 0 Å². The SMILES string of the molecule is O=C(Nc1ccc(F)c(Cl)c1)c1n[nH]c2c1CCCC2. The molecule has 2 aromatic rings. The summed E-state index contributed by atoms with van der Waals surface area (Å²) in [4.78, 5) is 12.2. The Balaban J connectivity index is 1.82. The first-order chi connectivity index (χ1) is 9.65. The van der Waals surface area contributed by atoms with E-state index in [0.717, 1.165) is 36.9 Å². The number of nitrogens with one attached hydrogen (secondary N) is 2. The summed E-state index contributed by atoms with van der Waals surface area (Å²) < 4.78 is 13.1. The van der Waals surface area contributed by atoms with Gasteiger partial charge in [-0.3, -0.25) is 9.89 Å². The number of hydrogen-bond donors (Lipinski definition) is 2. The van der Waals surface area contributed by atoms with Crippen LogP contribution in [0.15, 0.2) is 18.2 Å². The van der Waals surface area contributed by atoms with Crippen LogP contribution in [0, 0.1) is 5.82 Å². The number of hydrogen-bond acceptors (Lipinski definition) is 2. The summed E-state index contributed by atoms with van der Waals surface area (Å²) in [5, 5.41) is 9.67. The average Bonchev–Trinajstić information content (AvgIpc) is 2.87. The van der Waals surface area contributed by atoms with Gasteiger partial charge in [-0.15, -0.1) is 0 Å². The van der Waals surface area contributed by atoms with Crippen molar-refractivity contribution in [3.63, 3.8) is 0 Å². The van der Waals surface area contributed by atoms with Crippen LogP contribution in [0.5, 0.6) is 0 Å². The van der Waals surface area contributed by atoms with Crippen molar-refractivity contribution in [2.45, 2.75) is 25.7 Å². The van der Waals surface area contributed by atoms with Crippen molar-refractivity contribution in [1.29, 1.82) is 0 Å². The summed E-state index contributed by atoms with van der Waals surface area (Å²) in [7, 11) is 0. The van der Waals surface area contributed by atoms with Gasteiger partial charge in [-0.2, -0.15) is 5.10 Å². The van der Waals surface area contributed by atoms with Crippen molar-refractivity contribution < 1.29 is 9.18 Å². The lowest BCUT2D eigenvalue weighted by atomic mass is 9.96. The van der Waals surface area contributed by atoms with E-state index in [4.69, 9.17) is 11.6 Å². The molecule has 1 aliphatic rings. The van der Waals surface area contributed by atoms with Crippen molar-refractivity contribution in [2.75, 3.05) is 5.32 Å². The van der Waals surface area contributed by atoms with Crippen LogP contribution in [0.1, 0.15) is 34.6 Å². The number of amides is 1. The molecule has 1 aromatic carbocycles. The number of carbonyl (C=O) groups is 1. The highest BCUT2D eigenvalue weighted by Crippen LogP contribution is 2.24. The van der Waals surface area contributed by atoms with E-state index in [1.807, 2.05) is 0 Å². The quantitative estimate of drug-likeness (QED) is 0.892. The Morgan fingerprint density at radius 1 is 1.35 bits per heavy atom. The van der Waals surface area contributed by atoms with E-state index in [1.165, 1.54) is 18.2 Å². The van der Waals surface area contributed by atoms with E-state index in [9.17, 15) is 9.18 Å². The second kappa shape index (κ2) is 5.25. The molecule has 0 atom stereocenters. The number of halogens is 2. The van der Waals surface area contributed by atoms with Crippen LogP contribution in [0.2, 0.25) is 5.02 Å². The fraction of sp³-hybridized carbons (Fsp3) is 0.286. The fourth-order valence-electron chi connectivity index (χ4n) is 2.43. The van der Waals surface area contributed by atoms with E-state index in [2.05, 4.69) is 15.5 Å². The Morgan fingerprint density at radius 2 is 2.15 bits per heavy atom. The first kappa shape index (κ1) is 13.1. The van der Waals surface area contributed by atoms with Crippen LogP contribution in [-0.2, 0) is 12.8 Å². The molecule has 0 fully saturated rings. The maximum atomic E-state index is 13.1. The number of aromatic nitrogens is 2. The Morgan fingerprint density at radius 3 is 2.95 bits per heavy atom. The molecule has 0 aliphatic heterocycles. The number of benzene rings is 1. The standard InChI is InChI=1S/C14H13ClFN3O/c15-10-7-8(5-6-11(10)16)17-14(20)13-9-3-1-2-4-12(9)18-19-13/h5-7H,1-4H2,(H,17,20)(H,18,19). The first-order valence-corrected chi connectivity index (χ1v) is 6.85. The second-order valence-electron chi connectivity index (χ2n) is 4.82. The van der Waals surface area contributed by atoms with E-state index in [-0.39, 0.29) is 10.9 Å². The van der Waals surface area contributed by atoms with Crippen LogP contribution < -0.4 is 5.32 Å². The third-order valence-corrected chi connectivity index (χ3v) is 3.74. The molecule has 1 aromatic heterocycles. The molecule has 104 valence electrons. The van der Waals surface area contributed by atoms with Crippen molar-refractivity contribution in [3.8, 4) is 0 Å². The zero-order valence-corrected chi connectivity index (χ0v) is 11.4. The highest BCUT2D eigenvalue weighted by molar-refractivity contribution is 6.31. The summed E-state index contributed by atoms with van der Waals surface area (Å²) >= 11 is 5.69. The summed E-state index contributed by atoms with van der Waals surface area (Å²) in [5.74, 6) is -0.811. The number of aryl methyl sites for hydroxylation is 1. The van der Waals surface area contributed by atoms with E-state index in [0.29, 0.717) is 11.4 Å². The molecule has 0 spiro atoms. The zero-order valence-electron chi connectivity index (χ0n) is 10.7. The minimum Gasteiger partial charge on any atom is -0.321 e. The topological polar surface area (TPSA) is 57.8 Å². The Labute approximate surface area is 120 Å². The minimum absolute atomic E-state index is 0.0214.